The molecular formula is C26H30ClI2N3. The maximum absolute atomic E-state index is 6.28. The molecule has 1 unspecified atom stereocenters. The molecule has 0 bridgehead atoms. The third-order valence-electron chi connectivity index (χ3n) is 5.62. The van der Waals surface area contributed by atoms with Gasteiger partial charge in [0.05, 0.1) is 11.2 Å². The number of hydrogen-bond acceptors (Lipinski definition) is 3. The molecule has 3 rings (SSSR count). The van der Waals surface area contributed by atoms with E-state index in [0.29, 0.717) is 11.1 Å². The Morgan fingerprint density at radius 1 is 1.06 bits per heavy atom. The van der Waals surface area contributed by atoms with Crippen LogP contribution in [0.5, 0.6) is 0 Å². The topological polar surface area (TPSA) is 28.2 Å². The van der Waals surface area contributed by atoms with Gasteiger partial charge in [-0.05, 0) is 127 Å². The quantitative estimate of drug-likeness (QED) is 0.220. The number of halogens is 3. The van der Waals surface area contributed by atoms with Crippen LogP contribution in [-0.2, 0) is 0 Å². The molecule has 0 spiro atoms. The molecule has 1 heterocycles. The van der Waals surface area contributed by atoms with Gasteiger partial charge in [-0.2, -0.15) is 0 Å². The average molecular weight is 674 g/mol. The van der Waals surface area contributed by atoms with Crippen molar-refractivity contribution in [2.75, 3.05) is 25.0 Å². The number of benzene rings is 2. The van der Waals surface area contributed by atoms with Crippen LogP contribution in [0.1, 0.15) is 44.9 Å². The molecular weight excluding hydrogens is 644 g/mol. The number of nitrogens with one attached hydrogen (secondary N) is 1. The van der Waals surface area contributed by atoms with Crippen LogP contribution in [0.2, 0.25) is 5.02 Å². The molecule has 6 heteroatoms. The van der Waals surface area contributed by atoms with E-state index < -0.39 is 0 Å². The van der Waals surface area contributed by atoms with Gasteiger partial charge in [-0.15, -0.1) is 0 Å². The molecule has 0 radical (unpaired) electrons. The molecule has 0 aliphatic carbocycles. The highest BCUT2D eigenvalue weighted by molar-refractivity contribution is 14.1. The number of pyridine rings is 1. The van der Waals surface area contributed by atoms with E-state index in [-0.39, 0.29) is 0 Å². The number of rotatable bonds is 10. The van der Waals surface area contributed by atoms with Crippen molar-refractivity contribution in [2.24, 2.45) is 0 Å². The highest BCUT2D eigenvalue weighted by Crippen LogP contribution is 2.28. The normalized spacial score (nSPS) is 12.7. The molecule has 0 saturated carbocycles. The number of aromatic nitrogens is 1. The van der Waals surface area contributed by atoms with Crippen LogP contribution >= 0.6 is 56.8 Å². The number of anilines is 1. The Bertz CT molecular complexity index is 1060. The van der Waals surface area contributed by atoms with E-state index in [4.69, 9.17) is 16.6 Å². The molecule has 3 aromatic rings. The molecule has 1 atom stereocenters. The summed E-state index contributed by atoms with van der Waals surface area (Å²) in [7, 11) is 0. The minimum Gasteiger partial charge on any atom is -0.382 e. The molecule has 170 valence electrons. The van der Waals surface area contributed by atoms with E-state index >= 15 is 0 Å². The summed E-state index contributed by atoms with van der Waals surface area (Å²) in [6.45, 7) is 10.1. The van der Waals surface area contributed by atoms with E-state index in [1.807, 2.05) is 12.1 Å². The second-order valence-electron chi connectivity index (χ2n) is 7.94. The minimum absolute atomic E-state index is 0.375. The molecule has 0 fully saturated rings. The molecule has 1 N–H and O–H groups in total. The predicted molar refractivity (Wildman–Crippen MR) is 158 cm³/mol. The number of fused-ring (bicyclic) bond motifs is 1. The molecule has 3 nitrogen and oxygen atoms in total. The van der Waals surface area contributed by atoms with Crippen molar-refractivity contribution in [3.63, 3.8) is 0 Å². The number of hydrogen-bond donors (Lipinski definition) is 1. The maximum Gasteiger partial charge on any atom is 0.0744 e. The fraction of sp³-hybridized carbons (Fsp3) is 0.346. The van der Waals surface area contributed by atoms with Gasteiger partial charge in [0.25, 0.3) is 0 Å². The van der Waals surface area contributed by atoms with E-state index in [1.54, 1.807) is 0 Å². The lowest BCUT2D eigenvalue weighted by molar-refractivity contribution is 0.295. The Morgan fingerprint density at radius 2 is 1.78 bits per heavy atom. The van der Waals surface area contributed by atoms with E-state index in [2.05, 4.69) is 119 Å². The highest BCUT2D eigenvalue weighted by Gasteiger charge is 2.10. The van der Waals surface area contributed by atoms with Gasteiger partial charge in [0.1, 0.15) is 0 Å². The smallest absolute Gasteiger partial charge is 0.0744 e. The van der Waals surface area contributed by atoms with Crippen LogP contribution in [0.25, 0.3) is 23.1 Å². The molecule has 0 amide bonds. The lowest BCUT2D eigenvalue weighted by Crippen LogP contribution is -2.25. The summed E-state index contributed by atoms with van der Waals surface area (Å²) in [5.74, 6) is 0. The van der Waals surface area contributed by atoms with E-state index in [1.165, 1.54) is 19.1 Å². The third kappa shape index (κ3) is 7.05. The van der Waals surface area contributed by atoms with Crippen molar-refractivity contribution in [2.45, 2.75) is 39.7 Å². The van der Waals surface area contributed by atoms with Gasteiger partial charge >= 0.3 is 0 Å². The zero-order valence-electron chi connectivity index (χ0n) is 18.8. The standard InChI is InChI=1S/C26H30ClI2N3/c1-4-32(5-2)15-7-8-18(3)30-26-17-20(31-25-16-19(27)11-13-22(25)26)12-14-21-23(28)9-6-10-24(21)29/h6,9-14,16-18H,4-5,7-8,15H2,1-3H3,(H,30,31)/b14-12+. The first-order chi connectivity index (χ1) is 15.4. The van der Waals surface area contributed by atoms with Crippen molar-refractivity contribution in [1.82, 2.24) is 9.88 Å². The first-order valence-electron chi connectivity index (χ1n) is 11.1. The van der Waals surface area contributed by atoms with Gasteiger partial charge in [-0.1, -0.05) is 37.6 Å². The second-order valence-corrected chi connectivity index (χ2v) is 10.7. The summed E-state index contributed by atoms with van der Waals surface area (Å²) in [6, 6.07) is 14.8. The Labute approximate surface area is 224 Å². The van der Waals surface area contributed by atoms with E-state index in [0.717, 1.165) is 48.3 Å². The summed E-state index contributed by atoms with van der Waals surface area (Å²) in [6.07, 6.45) is 6.55. The van der Waals surface area contributed by atoms with Gasteiger partial charge in [-0.3, -0.25) is 0 Å². The SMILES string of the molecule is CCN(CC)CCCC(C)Nc1cc(/C=C/c2c(I)cccc2I)nc2cc(Cl)ccc12. The van der Waals surface area contributed by atoms with Crippen LogP contribution < -0.4 is 5.32 Å². The van der Waals surface area contributed by atoms with Gasteiger partial charge in [0.15, 0.2) is 0 Å². The third-order valence-corrected chi connectivity index (χ3v) is 7.74. The maximum atomic E-state index is 6.28. The highest BCUT2D eigenvalue weighted by atomic mass is 127. The zero-order valence-corrected chi connectivity index (χ0v) is 23.9. The van der Waals surface area contributed by atoms with Gasteiger partial charge < -0.3 is 10.2 Å². The van der Waals surface area contributed by atoms with Crippen molar-refractivity contribution in [3.8, 4) is 0 Å². The lowest BCUT2D eigenvalue weighted by atomic mass is 10.1. The Balaban J connectivity index is 1.84. The molecule has 1 aromatic heterocycles. The van der Waals surface area contributed by atoms with Crippen molar-refractivity contribution < 1.29 is 0 Å². The largest absolute Gasteiger partial charge is 0.382 e. The zero-order chi connectivity index (χ0) is 23.1. The van der Waals surface area contributed by atoms with E-state index in [9.17, 15) is 0 Å². The van der Waals surface area contributed by atoms with Crippen LogP contribution in [0, 0.1) is 7.14 Å². The van der Waals surface area contributed by atoms with Gasteiger partial charge in [0.2, 0.25) is 0 Å². The summed E-state index contributed by atoms with van der Waals surface area (Å²) >= 11 is 11.0. The van der Waals surface area contributed by atoms with Crippen LogP contribution in [0.15, 0.2) is 42.5 Å². The average Bonchev–Trinajstić information content (AvgIpc) is 2.76. The van der Waals surface area contributed by atoms with Crippen LogP contribution in [0.3, 0.4) is 0 Å². The Morgan fingerprint density at radius 3 is 2.47 bits per heavy atom. The first kappa shape index (κ1) is 25.7. The summed E-state index contributed by atoms with van der Waals surface area (Å²) in [4.78, 5) is 7.34. The Hall–Kier alpha value is -0.900. The molecule has 0 aliphatic rings. The van der Waals surface area contributed by atoms with Gasteiger partial charge in [0, 0.05) is 34.8 Å². The fourth-order valence-corrected chi connectivity index (χ4v) is 5.80. The molecule has 0 aliphatic heterocycles. The van der Waals surface area contributed by atoms with Gasteiger partial charge in [-0.25, -0.2) is 4.98 Å². The van der Waals surface area contributed by atoms with Crippen molar-refractivity contribution in [3.05, 3.63) is 65.9 Å². The summed E-state index contributed by atoms with van der Waals surface area (Å²) in [5, 5.41) is 5.54. The lowest BCUT2D eigenvalue weighted by Gasteiger charge is -2.21. The molecule has 32 heavy (non-hydrogen) atoms. The summed E-state index contributed by atoms with van der Waals surface area (Å²) < 4.78 is 2.46. The van der Waals surface area contributed by atoms with Crippen LogP contribution in [-0.4, -0.2) is 35.6 Å². The van der Waals surface area contributed by atoms with Crippen molar-refractivity contribution in [1.29, 1.82) is 0 Å². The fourth-order valence-electron chi connectivity index (χ4n) is 3.76. The van der Waals surface area contributed by atoms with Crippen molar-refractivity contribution >= 4 is 85.5 Å². The summed E-state index contributed by atoms with van der Waals surface area (Å²) in [5.41, 5.74) is 4.17. The number of nitrogens with zero attached hydrogens (tertiary/aromatic N) is 2. The van der Waals surface area contributed by atoms with Crippen LogP contribution in [0.4, 0.5) is 5.69 Å². The Kier molecular flexibility index (Phi) is 10.1. The first-order valence-corrected chi connectivity index (χ1v) is 13.7. The predicted octanol–water partition coefficient (Wildman–Crippen LogP) is 8.19. The molecule has 0 saturated heterocycles. The monoisotopic (exact) mass is 673 g/mol. The minimum atomic E-state index is 0.375. The molecule has 2 aromatic carbocycles. The second kappa shape index (κ2) is 12.5.